The Balaban J connectivity index is 2.77. The minimum Gasteiger partial charge on any atom is -0.451 e. The van der Waals surface area contributed by atoms with Crippen LogP contribution in [0.25, 0.3) is 0 Å². The van der Waals surface area contributed by atoms with Crippen molar-refractivity contribution in [3.05, 3.63) is 17.5 Å². The Hall–Kier alpha value is -1.37. The van der Waals surface area contributed by atoms with Gasteiger partial charge in [0.25, 0.3) is 0 Å². The highest BCUT2D eigenvalue weighted by molar-refractivity contribution is 5.17. The van der Waals surface area contributed by atoms with Crippen LogP contribution >= 0.6 is 0 Å². The number of rotatable bonds is 4. The quantitative estimate of drug-likeness (QED) is 0.884. The first kappa shape index (κ1) is 13.7. The first-order valence-corrected chi connectivity index (χ1v) is 5.05. The minimum atomic E-state index is -4.42. The number of ether oxygens (including phenoxy) is 1. The lowest BCUT2D eigenvalue weighted by atomic mass is 10.2. The number of hydrogen-bond acceptors (Lipinski definition) is 4. The highest BCUT2D eigenvalue weighted by Gasteiger charge is 2.38. The molecule has 1 rings (SSSR count). The molecule has 0 aliphatic carbocycles. The maximum absolute atomic E-state index is 12.2. The summed E-state index contributed by atoms with van der Waals surface area (Å²) in [6.45, 7) is 3.17. The molecule has 0 amide bonds. The summed E-state index contributed by atoms with van der Waals surface area (Å²) in [6, 6.07) is -0.257. The van der Waals surface area contributed by atoms with Crippen molar-refractivity contribution in [2.75, 3.05) is 7.05 Å². The number of halogens is 3. The molecule has 1 N–H and O–H groups in total. The van der Waals surface area contributed by atoms with E-state index in [9.17, 15) is 13.2 Å². The van der Waals surface area contributed by atoms with Crippen molar-refractivity contribution >= 4 is 0 Å². The van der Waals surface area contributed by atoms with Gasteiger partial charge >= 0.3 is 12.2 Å². The summed E-state index contributed by atoms with van der Waals surface area (Å²) in [7, 11) is 1.76. The van der Waals surface area contributed by atoms with Gasteiger partial charge in [0, 0.05) is 24.0 Å². The Morgan fingerprint density at radius 2 is 2.12 bits per heavy atom. The summed E-state index contributed by atoms with van der Waals surface area (Å²) in [5.74, 6) is 0. The summed E-state index contributed by atoms with van der Waals surface area (Å²) in [6.07, 6.45) is -4.88. The molecule has 1 aromatic rings. The van der Waals surface area contributed by atoms with Crippen molar-refractivity contribution in [2.45, 2.75) is 32.7 Å². The molecule has 0 saturated carbocycles. The van der Waals surface area contributed by atoms with Crippen LogP contribution in [0, 0.1) is 6.92 Å². The van der Waals surface area contributed by atoms with Gasteiger partial charge in [0.15, 0.2) is 6.10 Å². The fraction of sp³-hybridized carbons (Fsp3) is 0.600. The Morgan fingerprint density at radius 1 is 1.47 bits per heavy atom. The van der Waals surface area contributed by atoms with Crippen LogP contribution in [-0.4, -0.2) is 29.3 Å². The lowest BCUT2D eigenvalue weighted by molar-refractivity contribution is -0.190. The maximum atomic E-state index is 12.2. The van der Waals surface area contributed by atoms with Crippen LogP contribution in [0.15, 0.2) is 6.20 Å². The third kappa shape index (κ3) is 3.85. The van der Waals surface area contributed by atoms with Gasteiger partial charge in [-0.15, -0.1) is 0 Å². The normalized spacial score (nSPS) is 13.5. The first-order chi connectivity index (χ1) is 7.84. The number of nitrogens with one attached hydrogen (secondary N) is 1. The molecule has 0 spiro atoms. The van der Waals surface area contributed by atoms with Gasteiger partial charge < -0.3 is 10.1 Å². The predicted octanol–water partition coefficient (Wildman–Crippen LogP) is 1.83. The van der Waals surface area contributed by atoms with Crippen molar-refractivity contribution in [3.63, 3.8) is 0 Å². The van der Waals surface area contributed by atoms with Gasteiger partial charge in [-0.1, -0.05) is 0 Å². The monoisotopic (exact) mass is 249 g/mol. The third-order valence-electron chi connectivity index (χ3n) is 2.17. The van der Waals surface area contributed by atoms with Crippen LogP contribution in [0.4, 0.5) is 13.2 Å². The average Bonchev–Trinajstić information content (AvgIpc) is 2.21. The standard InChI is InChI=1S/C10H14F3N3O/c1-6-8(4-14-3)5-15-9(16-6)17-7(2)10(11,12)13/h5,7,14H,4H2,1-3H3. The second-order valence-corrected chi connectivity index (χ2v) is 3.60. The second-order valence-electron chi connectivity index (χ2n) is 3.60. The van der Waals surface area contributed by atoms with Gasteiger partial charge in [-0.25, -0.2) is 9.97 Å². The highest BCUT2D eigenvalue weighted by atomic mass is 19.4. The number of hydrogen-bond donors (Lipinski definition) is 1. The Morgan fingerprint density at radius 3 is 2.59 bits per heavy atom. The van der Waals surface area contributed by atoms with E-state index in [1.54, 1.807) is 14.0 Å². The zero-order valence-corrected chi connectivity index (χ0v) is 9.80. The van der Waals surface area contributed by atoms with E-state index >= 15 is 0 Å². The summed E-state index contributed by atoms with van der Waals surface area (Å²) in [5, 5.41) is 2.91. The van der Waals surface area contributed by atoms with E-state index in [1.807, 2.05) is 0 Å². The maximum Gasteiger partial charge on any atom is 0.425 e. The van der Waals surface area contributed by atoms with Crippen molar-refractivity contribution in [1.82, 2.24) is 15.3 Å². The summed E-state index contributed by atoms with van der Waals surface area (Å²) >= 11 is 0. The second kappa shape index (κ2) is 5.31. The van der Waals surface area contributed by atoms with Crippen molar-refractivity contribution in [3.8, 4) is 6.01 Å². The van der Waals surface area contributed by atoms with E-state index < -0.39 is 12.3 Å². The minimum absolute atomic E-state index is 0.257. The Labute approximate surface area is 97.2 Å². The van der Waals surface area contributed by atoms with E-state index in [-0.39, 0.29) is 6.01 Å². The third-order valence-corrected chi connectivity index (χ3v) is 2.17. The summed E-state index contributed by atoms with van der Waals surface area (Å²) in [5.41, 5.74) is 1.42. The van der Waals surface area contributed by atoms with Gasteiger partial charge in [0.1, 0.15) is 0 Å². The smallest absolute Gasteiger partial charge is 0.425 e. The molecule has 0 saturated heterocycles. The van der Waals surface area contributed by atoms with Crippen LogP contribution in [0.2, 0.25) is 0 Å². The average molecular weight is 249 g/mol. The lowest BCUT2D eigenvalue weighted by Gasteiger charge is -2.16. The van der Waals surface area contributed by atoms with Crippen LogP contribution in [0.3, 0.4) is 0 Å². The van der Waals surface area contributed by atoms with E-state index in [4.69, 9.17) is 0 Å². The molecule has 96 valence electrons. The molecular weight excluding hydrogens is 235 g/mol. The molecule has 1 atom stereocenters. The lowest BCUT2D eigenvalue weighted by Crippen LogP contribution is -2.31. The van der Waals surface area contributed by atoms with Gasteiger partial charge in [-0.3, -0.25) is 0 Å². The molecule has 1 unspecified atom stereocenters. The summed E-state index contributed by atoms with van der Waals surface area (Å²) in [4.78, 5) is 7.61. The number of aryl methyl sites for hydroxylation is 1. The molecule has 7 heteroatoms. The Bertz CT molecular complexity index is 382. The van der Waals surface area contributed by atoms with E-state index in [1.165, 1.54) is 6.20 Å². The van der Waals surface area contributed by atoms with Crippen molar-refractivity contribution in [2.24, 2.45) is 0 Å². The number of nitrogens with zero attached hydrogens (tertiary/aromatic N) is 2. The fourth-order valence-electron chi connectivity index (χ4n) is 1.12. The van der Waals surface area contributed by atoms with Crippen LogP contribution < -0.4 is 10.1 Å². The molecule has 0 fully saturated rings. The van der Waals surface area contributed by atoms with Crippen molar-refractivity contribution in [1.29, 1.82) is 0 Å². The van der Waals surface area contributed by atoms with Crippen LogP contribution in [-0.2, 0) is 6.54 Å². The molecule has 17 heavy (non-hydrogen) atoms. The predicted molar refractivity (Wildman–Crippen MR) is 55.7 cm³/mol. The van der Waals surface area contributed by atoms with Crippen LogP contribution in [0.5, 0.6) is 6.01 Å². The zero-order valence-electron chi connectivity index (χ0n) is 9.80. The molecule has 1 aromatic heterocycles. The Kier molecular flexibility index (Phi) is 4.28. The number of alkyl halides is 3. The fourth-order valence-corrected chi connectivity index (χ4v) is 1.12. The first-order valence-electron chi connectivity index (χ1n) is 5.05. The molecule has 0 aromatic carbocycles. The van der Waals surface area contributed by atoms with Crippen LogP contribution in [0.1, 0.15) is 18.2 Å². The molecule has 0 aliphatic heterocycles. The van der Waals surface area contributed by atoms with E-state index in [0.29, 0.717) is 12.2 Å². The molecule has 1 heterocycles. The molecule has 0 aliphatic rings. The molecular formula is C10H14F3N3O. The van der Waals surface area contributed by atoms with E-state index in [2.05, 4.69) is 20.0 Å². The zero-order chi connectivity index (χ0) is 13.1. The number of aromatic nitrogens is 2. The van der Waals surface area contributed by atoms with E-state index in [0.717, 1.165) is 12.5 Å². The topological polar surface area (TPSA) is 47.0 Å². The molecule has 0 radical (unpaired) electrons. The van der Waals surface area contributed by atoms with Gasteiger partial charge in [0.2, 0.25) is 0 Å². The summed E-state index contributed by atoms with van der Waals surface area (Å²) < 4.78 is 41.4. The van der Waals surface area contributed by atoms with Gasteiger partial charge in [-0.05, 0) is 20.9 Å². The molecule has 4 nitrogen and oxygen atoms in total. The van der Waals surface area contributed by atoms with Crippen molar-refractivity contribution < 1.29 is 17.9 Å². The largest absolute Gasteiger partial charge is 0.451 e. The molecule has 0 bridgehead atoms. The van der Waals surface area contributed by atoms with Gasteiger partial charge in [-0.2, -0.15) is 13.2 Å². The SMILES string of the molecule is CNCc1cnc(OC(C)C(F)(F)F)nc1C. The highest BCUT2D eigenvalue weighted by Crippen LogP contribution is 2.23. The van der Waals surface area contributed by atoms with Gasteiger partial charge in [0.05, 0.1) is 0 Å².